The van der Waals surface area contributed by atoms with Crippen LogP contribution in [0.15, 0.2) is 24.3 Å². The summed E-state index contributed by atoms with van der Waals surface area (Å²) in [5.41, 5.74) is 2.76. The zero-order valence-corrected chi connectivity index (χ0v) is 10.4. The van der Waals surface area contributed by atoms with Gasteiger partial charge in [0.15, 0.2) is 0 Å². The van der Waals surface area contributed by atoms with Crippen LogP contribution in [0.3, 0.4) is 0 Å². The molecule has 0 bridgehead atoms. The van der Waals surface area contributed by atoms with Crippen molar-refractivity contribution < 1.29 is 32.7 Å². The molecule has 2 aliphatic rings. The first-order chi connectivity index (χ1) is 5.95. The first-order valence-corrected chi connectivity index (χ1v) is 4.75. The first kappa shape index (κ1) is 9.67. The monoisotopic (exact) mass is 247 g/mol. The van der Waals surface area contributed by atoms with E-state index in [4.69, 9.17) is 5.32 Å². The van der Waals surface area contributed by atoms with Crippen molar-refractivity contribution >= 4 is 5.69 Å². The van der Waals surface area contributed by atoms with Gasteiger partial charge in [0, 0.05) is 32.7 Å². The van der Waals surface area contributed by atoms with Crippen LogP contribution in [-0.4, -0.2) is 6.04 Å². The van der Waals surface area contributed by atoms with E-state index >= 15 is 0 Å². The summed E-state index contributed by atoms with van der Waals surface area (Å²) < 4.78 is 0. The van der Waals surface area contributed by atoms with Gasteiger partial charge in [0.25, 0.3) is 0 Å². The van der Waals surface area contributed by atoms with Gasteiger partial charge >= 0.3 is 0 Å². The zero-order valence-electron chi connectivity index (χ0n) is 7.61. The first-order valence-electron chi connectivity index (χ1n) is 4.75. The largest absolute Gasteiger partial charge is 0.681 e. The second kappa shape index (κ2) is 3.70. The number of benzene rings is 1. The van der Waals surface area contributed by atoms with E-state index in [0.717, 1.165) is 5.92 Å². The van der Waals surface area contributed by atoms with Gasteiger partial charge in [-0.15, -0.1) is 11.7 Å². The molecule has 1 aliphatic carbocycles. The van der Waals surface area contributed by atoms with Crippen LogP contribution in [0, 0.1) is 0 Å². The Bertz CT molecular complexity index is 311. The minimum atomic E-state index is 0. The Morgan fingerprint density at radius 2 is 2.00 bits per heavy atom. The third-order valence-electron chi connectivity index (χ3n) is 3.12. The Morgan fingerprint density at radius 3 is 2.92 bits per heavy atom. The molecule has 1 fully saturated rings. The predicted octanol–water partition coefficient (Wildman–Crippen LogP) is 3.34. The molecule has 1 heterocycles. The quantitative estimate of drug-likeness (QED) is 0.667. The summed E-state index contributed by atoms with van der Waals surface area (Å²) in [5, 5.41) is 4.71. The Kier molecular flexibility index (Phi) is 2.76. The van der Waals surface area contributed by atoms with E-state index in [1.54, 1.807) is 0 Å². The Labute approximate surface area is 104 Å². The van der Waals surface area contributed by atoms with Gasteiger partial charge in [-0.3, -0.25) is 0 Å². The SMILES string of the molecule is [Y].c1ccc2c(c1)[N-]C1CCCC21. The van der Waals surface area contributed by atoms with Crippen molar-refractivity contribution in [2.75, 3.05) is 0 Å². The van der Waals surface area contributed by atoms with Gasteiger partial charge in [0.1, 0.15) is 0 Å². The van der Waals surface area contributed by atoms with Crippen LogP contribution in [0.1, 0.15) is 30.7 Å². The minimum Gasteiger partial charge on any atom is -0.681 e. The molecule has 65 valence electrons. The predicted molar refractivity (Wildman–Crippen MR) is 49.8 cm³/mol. The summed E-state index contributed by atoms with van der Waals surface area (Å²) in [6.07, 6.45) is 4.03. The zero-order chi connectivity index (χ0) is 7.97. The topological polar surface area (TPSA) is 14.1 Å². The molecule has 0 N–H and O–H groups in total. The van der Waals surface area contributed by atoms with Crippen LogP contribution >= 0.6 is 0 Å². The fourth-order valence-electron chi connectivity index (χ4n) is 2.56. The van der Waals surface area contributed by atoms with Crippen molar-refractivity contribution in [2.45, 2.75) is 31.2 Å². The molecule has 3 rings (SSSR count). The normalized spacial score (nSPS) is 28.6. The summed E-state index contributed by atoms with van der Waals surface area (Å²) in [5.74, 6) is 0.765. The molecule has 1 aliphatic heterocycles. The van der Waals surface area contributed by atoms with Gasteiger partial charge in [-0.2, -0.15) is 0 Å². The molecule has 13 heavy (non-hydrogen) atoms. The number of hydrogen-bond donors (Lipinski definition) is 0. The van der Waals surface area contributed by atoms with Crippen LogP contribution in [0.2, 0.25) is 0 Å². The summed E-state index contributed by atoms with van der Waals surface area (Å²) in [4.78, 5) is 0. The Balaban J connectivity index is 0.000000653. The number of nitrogens with zero attached hydrogens (tertiary/aromatic N) is 1. The molecule has 0 aromatic heterocycles. The average molecular weight is 247 g/mol. The summed E-state index contributed by atoms with van der Waals surface area (Å²) >= 11 is 0. The molecule has 1 saturated carbocycles. The second-order valence-electron chi connectivity index (χ2n) is 3.79. The van der Waals surface area contributed by atoms with Crippen LogP contribution in [0.25, 0.3) is 5.32 Å². The van der Waals surface area contributed by atoms with E-state index in [1.165, 1.54) is 30.5 Å². The number of fused-ring (bicyclic) bond motifs is 3. The molecule has 1 radical (unpaired) electrons. The van der Waals surface area contributed by atoms with Crippen molar-refractivity contribution in [1.82, 2.24) is 0 Å². The van der Waals surface area contributed by atoms with Gasteiger partial charge in [-0.05, 0) is 12.3 Å². The molecular weight excluding hydrogens is 235 g/mol. The maximum absolute atomic E-state index is 4.71. The van der Waals surface area contributed by atoms with Crippen molar-refractivity contribution in [3.05, 3.63) is 35.1 Å². The van der Waals surface area contributed by atoms with Crippen molar-refractivity contribution in [3.8, 4) is 0 Å². The van der Waals surface area contributed by atoms with E-state index in [9.17, 15) is 0 Å². The van der Waals surface area contributed by atoms with Crippen LogP contribution in [-0.2, 0) is 32.7 Å². The van der Waals surface area contributed by atoms with E-state index in [2.05, 4.69) is 24.3 Å². The molecule has 0 saturated heterocycles. The fourth-order valence-corrected chi connectivity index (χ4v) is 2.56. The van der Waals surface area contributed by atoms with Crippen LogP contribution < -0.4 is 0 Å². The van der Waals surface area contributed by atoms with Gasteiger partial charge < -0.3 is 5.32 Å². The van der Waals surface area contributed by atoms with Gasteiger partial charge in [-0.1, -0.05) is 42.7 Å². The third-order valence-corrected chi connectivity index (χ3v) is 3.12. The molecule has 1 aromatic carbocycles. The molecule has 0 amide bonds. The smallest absolute Gasteiger partial charge is 0 e. The van der Waals surface area contributed by atoms with E-state index in [0.29, 0.717) is 6.04 Å². The van der Waals surface area contributed by atoms with Gasteiger partial charge in [-0.25, -0.2) is 0 Å². The van der Waals surface area contributed by atoms with Crippen molar-refractivity contribution in [3.63, 3.8) is 0 Å². The number of para-hydroxylation sites is 1. The summed E-state index contributed by atoms with van der Waals surface area (Å²) in [6.45, 7) is 0. The van der Waals surface area contributed by atoms with Crippen LogP contribution in [0.5, 0.6) is 0 Å². The molecular formula is C11H12NY-. The van der Waals surface area contributed by atoms with E-state index < -0.39 is 0 Å². The number of hydrogen-bond acceptors (Lipinski definition) is 0. The Morgan fingerprint density at radius 1 is 1.15 bits per heavy atom. The third kappa shape index (κ3) is 1.47. The number of rotatable bonds is 0. The summed E-state index contributed by atoms with van der Waals surface area (Å²) in [7, 11) is 0. The van der Waals surface area contributed by atoms with E-state index in [1.807, 2.05) is 0 Å². The Hall–Kier alpha value is 0.124. The maximum Gasteiger partial charge on any atom is 0 e. The molecule has 1 nitrogen and oxygen atoms in total. The maximum atomic E-state index is 4.71. The van der Waals surface area contributed by atoms with Crippen LogP contribution in [0.4, 0.5) is 5.69 Å². The van der Waals surface area contributed by atoms with Crippen molar-refractivity contribution in [1.29, 1.82) is 0 Å². The molecule has 0 spiro atoms. The minimum absolute atomic E-state index is 0. The molecule has 2 heteroatoms. The fraction of sp³-hybridized carbons (Fsp3) is 0.455. The van der Waals surface area contributed by atoms with Gasteiger partial charge in [0.05, 0.1) is 0 Å². The van der Waals surface area contributed by atoms with Crippen molar-refractivity contribution in [2.24, 2.45) is 0 Å². The standard InChI is InChI=1S/C11H12N.Y/c1-2-6-10-8(4-1)9-5-3-7-11(9)12-10;/h1-2,4,6,9,11H,3,5,7H2;/q-1;. The van der Waals surface area contributed by atoms with Gasteiger partial charge in [0.2, 0.25) is 0 Å². The average Bonchev–Trinajstić information content (AvgIpc) is 2.62. The van der Waals surface area contributed by atoms with E-state index in [-0.39, 0.29) is 32.7 Å². The molecule has 2 unspecified atom stereocenters. The molecule has 2 atom stereocenters. The molecule has 1 aromatic rings. The summed E-state index contributed by atoms with van der Waals surface area (Å²) in [6, 6.07) is 9.24. The second-order valence-corrected chi connectivity index (χ2v) is 3.79.